The number of hydrogen-bond donors (Lipinski definition) is 0. The molecule has 2 aromatic carbocycles. The number of pyridine rings is 1. The van der Waals surface area contributed by atoms with Crippen LogP contribution in [0.4, 0.5) is 10.5 Å². The minimum Gasteiger partial charge on any atom is -0.493 e. The van der Waals surface area contributed by atoms with Gasteiger partial charge < -0.3 is 28.9 Å². The lowest BCUT2D eigenvalue weighted by Crippen LogP contribution is -2.43. The summed E-state index contributed by atoms with van der Waals surface area (Å²) in [5, 5.41) is 1.04. The fraction of sp³-hybridized carbons (Fsp3) is 0.543. The highest BCUT2D eigenvalue weighted by Gasteiger charge is 2.28. The Kier molecular flexibility index (Phi) is 9.96. The first-order valence-electron chi connectivity index (χ1n) is 15.8. The molecule has 0 bridgehead atoms. The van der Waals surface area contributed by atoms with Gasteiger partial charge in [-0.3, -0.25) is 0 Å². The van der Waals surface area contributed by atoms with Gasteiger partial charge in [0.1, 0.15) is 5.60 Å². The van der Waals surface area contributed by atoms with Gasteiger partial charge in [-0.1, -0.05) is 30.3 Å². The maximum atomic E-state index is 12.6. The first kappa shape index (κ1) is 30.9. The Morgan fingerprint density at radius 1 is 1.00 bits per heavy atom. The molecule has 2 aliphatic rings. The van der Waals surface area contributed by atoms with Crippen molar-refractivity contribution >= 4 is 22.7 Å². The molecule has 0 radical (unpaired) electrons. The molecule has 2 fully saturated rings. The average molecular weight is 589 g/mol. The van der Waals surface area contributed by atoms with Crippen molar-refractivity contribution in [2.45, 2.75) is 58.5 Å². The van der Waals surface area contributed by atoms with Crippen LogP contribution in [0.5, 0.6) is 11.5 Å². The molecule has 8 nitrogen and oxygen atoms in total. The molecule has 1 amide bonds. The molecule has 5 rings (SSSR count). The van der Waals surface area contributed by atoms with Crippen molar-refractivity contribution in [3.05, 3.63) is 48.5 Å². The zero-order chi connectivity index (χ0) is 30.4. The third-order valence-electron chi connectivity index (χ3n) is 8.43. The predicted molar refractivity (Wildman–Crippen MR) is 173 cm³/mol. The largest absolute Gasteiger partial charge is 0.493 e. The summed E-state index contributed by atoms with van der Waals surface area (Å²) in [5.41, 5.74) is 3.52. The fourth-order valence-electron chi connectivity index (χ4n) is 6.15. The fourth-order valence-corrected chi connectivity index (χ4v) is 6.15. The molecule has 0 unspecified atom stereocenters. The van der Waals surface area contributed by atoms with Crippen LogP contribution in [0.3, 0.4) is 0 Å². The Balaban J connectivity index is 1.35. The van der Waals surface area contributed by atoms with Crippen LogP contribution >= 0.6 is 0 Å². The van der Waals surface area contributed by atoms with E-state index in [0.717, 1.165) is 71.7 Å². The highest BCUT2D eigenvalue weighted by Crippen LogP contribution is 2.38. The summed E-state index contributed by atoms with van der Waals surface area (Å²) < 4.78 is 17.7. The molecule has 3 heterocycles. The van der Waals surface area contributed by atoms with E-state index in [9.17, 15) is 4.79 Å². The van der Waals surface area contributed by atoms with Crippen LogP contribution in [0.15, 0.2) is 48.5 Å². The van der Waals surface area contributed by atoms with Gasteiger partial charge in [-0.2, -0.15) is 0 Å². The lowest BCUT2D eigenvalue weighted by Gasteiger charge is -2.35. The van der Waals surface area contributed by atoms with Crippen LogP contribution in [0.25, 0.3) is 22.2 Å². The van der Waals surface area contributed by atoms with Gasteiger partial charge >= 0.3 is 6.09 Å². The zero-order valence-electron chi connectivity index (χ0n) is 26.6. The van der Waals surface area contributed by atoms with E-state index in [0.29, 0.717) is 25.6 Å². The van der Waals surface area contributed by atoms with Crippen molar-refractivity contribution in [3.63, 3.8) is 0 Å². The van der Waals surface area contributed by atoms with Gasteiger partial charge in [0.25, 0.3) is 0 Å². The molecule has 0 saturated carbocycles. The van der Waals surface area contributed by atoms with Gasteiger partial charge in [-0.25, -0.2) is 9.78 Å². The van der Waals surface area contributed by atoms with Gasteiger partial charge in [-0.05, 0) is 84.0 Å². The molecule has 2 aliphatic heterocycles. The number of carbonyl (C=O) groups is 1. The number of benzene rings is 2. The number of piperidine rings is 1. The van der Waals surface area contributed by atoms with Crippen LogP contribution in [-0.2, 0) is 4.74 Å². The van der Waals surface area contributed by atoms with Gasteiger partial charge in [0.15, 0.2) is 11.5 Å². The van der Waals surface area contributed by atoms with E-state index in [2.05, 4.69) is 41.1 Å². The number of likely N-dealkylation sites (tertiary alicyclic amines) is 2. The average Bonchev–Trinajstić information content (AvgIpc) is 3.52. The number of carbonyl (C=O) groups excluding carboxylic acids is 1. The van der Waals surface area contributed by atoms with Crippen LogP contribution in [0.1, 0.15) is 52.9 Å². The third-order valence-corrected chi connectivity index (χ3v) is 8.43. The number of rotatable bonds is 10. The summed E-state index contributed by atoms with van der Waals surface area (Å²) in [6.45, 7) is 12.2. The monoisotopic (exact) mass is 588 g/mol. The van der Waals surface area contributed by atoms with Crippen LogP contribution < -0.4 is 14.4 Å². The quantitative estimate of drug-likeness (QED) is 0.240. The van der Waals surface area contributed by atoms with E-state index in [1.54, 1.807) is 7.11 Å². The number of methoxy groups -OCH3 is 1. The number of fused-ring (bicyclic) bond motifs is 1. The highest BCUT2D eigenvalue weighted by atomic mass is 16.6. The van der Waals surface area contributed by atoms with Gasteiger partial charge in [0, 0.05) is 55.9 Å². The SMILES string of the molecule is COc1cc2c(N(C)CC3CCN(C(=O)OC(C)(C)C)CC3)cc(-c3ccccc3)nc2cc1OCCCN1CCCC1. The molecule has 2 saturated heterocycles. The summed E-state index contributed by atoms with van der Waals surface area (Å²) in [5.74, 6) is 1.92. The summed E-state index contributed by atoms with van der Waals surface area (Å²) in [4.78, 5) is 24.4. The Morgan fingerprint density at radius 3 is 2.40 bits per heavy atom. The number of aromatic nitrogens is 1. The molecule has 1 aromatic heterocycles. The number of ether oxygens (including phenoxy) is 3. The maximum Gasteiger partial charge on any atom is 0.410 e. The molecule has 232 valence electrons. The molecule has 8 heteroatoms. The van der Waals surface area contributed by atoms with Gasteiger partial charge in [-0.15, -0.1) is 0 Å². The van der Waals surface area contributed by atoms with E-state index in [1.165, 1.54) is 25.9 Å². The maximum absolute atomic E-state index is 12.6. The van der Waals surface area contributed by atoms with Crippen molar-refractivity contribution in [3.8, 4) is 22.8 Å². The number of anilines is 1. The van der Waals surface area contributed by atoms with Crippen molar-refractivity contribution in [1.82, 2.24) is 14.8 Å². The summed E-state index contributed by atoms with van der Waals surface area (Å²) in [6, 6.07) is 16.6. The smallest absolute Gasteiger partial charge is 0.410 e. The van der Waals surface area contributed by atoms with E-state index < -0.39 is 5.60 Å². The van der Waals surface area contributed by atoms with Crippen LogP contribution in [0, 0.1) is 5.92 Å². The van der Waals surface area contributed by atoms with Crippen molar-refractivity contribution in [1.29, 1.82) is 0 Å². The summed E-state index contributed by atoms with van der Waals surface area (Å²) in [7, 11) is 3.85. The highest BCUT2D eigenvalue weighted by molar-refractivity contribution is 5.96. The van der Waals surface area contributed by atoms with Gasteiger partial charge in [0.05, 0.1) is 24.9 Å². The lowest BCUT2D eigenvalue weighted by atomic mass is 9.96. The Morgan fingerprint density at radius 2 is 1.72 bits per heavy atom. The minimum absolute atomic E-state index is 0.215. The van der Waals surface area contributed by atoms with Crippen LogP contribution in [-0.4, -0.2) is 86.5 Å². The van der Waals surface area contributed by atoms with E-state index in [1.807, 2.05) is 49.9 Å². The molecule has 43 heavy (non-hydrogen) atoms. The van der Waals surface area contributed by atoms with Crippen LogP contribution in [0.2, 0.25) is 0 Å². The predicted octanol–water partition coefficient (Wildman–Crippen LogP) is 6.86. The number of nitrogens with zero attached hydrogens (tertiary/aromatic N) is 4. The molecule has 0 N–H and O–H groups in total. The third kappa shape index (κ3) is 8.11. The Hall–Kier alpha value is -3.52. The normalized spacial score (nSPS) is 16.4. The number of amides is 1. The summed E-state index contributed by atoms with van der Waals surface area (Å²) in [6.07, 6.45) is 5.26. The van der Waals surface area contributed by atoms with E-state index in [4.69, 9.17) is 19.2 Å². The van der Waals surface area contributed by atoms with E-state index >= 15 is 0 Å². The van der Waals surface area contributed by atoms with Crippen molar-refractivity contribution in [2.75, 3.05) is 64.9 Å². The Labute approximate surface area is 256 Å². The second-order valence-electron chi connectivity index (χ2n) is 13.0. The minimum atomic E-state index is -0.480. The molecule has 0 spiro atoms. The molecular weight excluding hydrogens is 540 g/mol. The summed E-state index contributed by atoms with van der Waals surface area (Å²) >= 11 is 0. The molecule has 3 aromatic rings. The topological polar surface area (TPSA) is 67.4 Å². The molecule has 0 atom stereocenters. The van der Waals surface area contributed by atoms with Crippen molar-refractivity contribution in [2.24, 2.45) is 5.92 Å². The lowest BCUT2D eigenvalue weighted by molar-refractivity contribution is 0.0186. The van der Waals surface area contributed by atoms with Gasteiger partial charge in [0.2, 0.25) is 0 Å². The standard InChI is InChI=1S/C35H48N4O4/c1-35(2,3)43-34(40)39-19-14-26(15-20-39)25-37(4)31-23-29(27-12-7-6-8-13-27)36-30-24-33(32(41-5)22-28(30)31)42-21-11-18-38-16-9-10-17-38/h6-8,12-13,22-24,26H,9-11,14-21,25H2,1-5H3. The first-order valence-corrected chi connectivity index (χ1v) is 15.8. The first-order chi connectivity index (χ1) is 20.7. The molecular formula is C35H48N4O4. The van der Waals surface area contributed by atoms with E-state index in [-0.39, 0.29) is 6.09 Å². The zero-order valence-corrected chi connectivity index (χ0v) is 26.6. The Bertz CT molecular complexity index is 1360. The number of hydrogen-bond acceptors (Lipinski definition) is 7. The van der Waals surface area contributed by atoms with Crippen molar-refractivity contribution < 1.29 is 19.0 Å². The second-order valence-corrected chi connectivity index (χ2v) is 13.0. The second kappa shape index (κ2) is 13.8. The molecule has 0 aliphatic carbocycles.